The fourth-order valence-corrected chi connectivity index (χ4v) is 3.03. The van der Waals surface area contributed by atoms with Gasteiger partial charge in [-0.15, -0.1) is 0 Å². The molecule has 0 saturated heterocycles. The molecule has 29 heavy (non-hydrogen) atoms. The second kappa shape index (κ2) is 8.86. The van der Waals surface area contributed by atoms with Crippen LogP contribution in [0.5, 0.6) is 0 Å². The number of likely N-dealkylation sites (N-methyl/N-ethyl adjacent to an activating group) is 1. The van der Waals surface area contributed by atoms with E-state index in [1.807, 2.05) is 40.0 Å². The third-order valence-electron chi connectivity index (χ3n) is 4.42. The number of hydrogen-bond acceptors (Lipinski definition) is 7. The Morgan fingerprint density at radius 3 is 2.48 bits per heavy atom. The Kier molecular flexibility index (Phi) is 6.46. The molecule has 0 atom stereocenters. The van der Waals surface area contributed by atoms with Gasteiger partial charge in [0.1, 0.15) is 16.6 Å². The van der Waals surface area contributed by atoms with E-state index in [0.717, 1.165) is 17.8 Å². The number of rotatable bonds is 7. The first-order valence-corrected chi connectivity index (χ1v) is 9.72. The number of amides is 1. The second-order valence-corrected chi connectivity index (χ2v) is 7.88. The van der Waals surface area contributed by atoms with Gasteiger partial charge >= 0.3 is 0 Å². The van der Waals surface area contributed by atoms with Gasteiger partial charge in [-0.2, -0.15) is 0 Å². The minimum Gasteiger partial charge on any atom is -0.380 e. The largest absolute Gasteiger partial charge is 0.380 e. The van der Waals surface area contributed by atoms with Gasteiger partial charge in [0.2, 0.25) is 0 Å². The lowest BCUT2D eigenvalue weighted by Gasteiger charge is -2.16. The number of nitrogens with zero attached hydrogens (tertiary/aromatic N) is 5. The van der Waals surface area contributed by atoms with Crippen LogP contribution in [0.4, 0.5) is 5.69 Å². The van der Waals surface area contributed by atoms with Crippen LogP contribution in [0.3, 0.4) is 0 Å². The summed E-state index contributed by atoms with van der Waals surface area (Å²) in [6.45, 7) is 3.88. The summed E-state index contributed by atoms with van der Waals surface area (Å²) in [4.78, 5) is 30.2. The van der Waals surface area contributed by atoms with E-state index in [1.54, 1.807) is 18.5 Å². The van der Waals surface area contributed by atoms with Gasteiger partial charge < -0.3 is 15.5 Å². The Balaban J connectivity index is 2.11. The van der Waals surface area contributed by atoms with Gasteiger partial charge in [0.25, 0.3) is 5.91 Å². The number of hydrogen-bond donors (Lipinski definition) is 2. The van der Waals surface area contributed by atoms with E-state index in [4.69, 9.17) is 11.6 Å². The topological polar surface area (TPSA) is 86.3 Å². The standard InChI is InChI=1S/C20H26ClN7O/c1-12-9-23-19-17(15(12)21)26-14-8-13(20(29)25-11-28(4)5)10-24-16(14)18(19)22-6-7-27(2)3/h8-10H,6-7,11H2,1-5H3,(H,22,26)(H,25,29). The molecule has 3 aromatic heterocycles. The molecule has 3 aromatic rings. The van der Waals surface area contributed by atoms with Crippen molar-refractivity contribution in [1.29, 1.82) is 0 Å². The smallest absolute Gasteiger partial charge is 0.253 e. The molecule has 2 N–H and O–H groups in total. The number of anilines is 1. The van der Waals surface area contributed by atoms with Gasteiger partial charge in [0.15, 0.2) is 0 Å². The number of aromatic nitrogens is 3. The van der Waals surface area contributed by atoms with Crippen molar-refractivity contribution in [3.8, 4) is 0 Å². The molecule has 0 spiro atoms. The summed E-state index contributed by atoms with van der Waals surface area (Å²) in [5.41, 5.74) is 4.59. The van der Waals surface area contributed by atoms with Crippen LogP contribution < -0.4 is 10.6 Å². The fraction of sp³-hybridized carbons (Fsp3) is 0.400. The van der Waals surface area contributed by atoms with Crippen molar-refractivity contribution in [3.05, 3.63) is 34.6 Å². The normalized spacial score (nSPS) is 11.6. The second-order valence-electron chi connectivity index (χ2n) is 7.50. The maximum atomic E-state index is 12.4. The monoisotopic (exact) mass is 415 g/mol. The number of fused-ring (bicyclic) bond motifs is 2. The van der Waals surface area contributed by atoms with Crippen molar-refractivity contribution in [2.45, 2.75) is 6.92 Å². The van der Waals surface area contributed by atoms with Crippen molar-refractivity contribution in [1.82, 2.24) is 30.1 Å². The van der Waals surface area contributed by atoms with Crippen LogP contribution >= 0.6 is 11.6 Å². The quantitative estimate of drug-likeness (QED) is 0.452. The van der Waals surface area contributed by atoms with Crippen molar-refractivity contribution >= 4 is 45.3 Å². The predicted molar refractivity (Wildman–Crippen MR) is 118 cm³/mol. The summed E-state index contributed by atoms with van der Waals surface area (Å²) in [6, 6.07) is 1.74. The SMILES string of the molecule is Cc1cnc2c(NCCN(C)C)c3ncc(C(=O)NCN(C)C)cc3nc2c1Cl. The first-order valence-electron chi connectivity index (χ1n) is 9.34. The van der Waals surface area contributed by atoms with Crippen molar-refractivity contribution in [2.75, 3.05) is 53.3 Å². The maximum absolute atomic E-state index is 12.4. The Labute approximate surface area is 175 Å². The summed E-state index contributed by atoms with van der Waals surface area (Å²) in [5, 5.41) is 6.82. The van der Waals surface area contributed by atoms with E-state index < -0.39 is 0 Å². The molecule has 0 aliphatic rings. The minimum atomic E-state index is -0.203. The summed E-state index contributed by atoms with van der Waals surface area (Å²) < 4.78 is 0. The number of pyridine rings is 3. The van der Waals surface area contributed by atoms with Crippen LogP contribution in [-0.4, -0.2) is 78.6 Å². The van der Waals surface area contributed by atoms with Crippen LogP contribution in [-0.2, 0) is 0 Å². The molecule has 0 bridgehead atoms. The number of carbonyl (C=O) groups is 1. The molecular formula is C20H26ClN7O. The highest BCUT2D eigenvalue weighted by atomic mass is 35.5. The van der Waals surface area contributed by atoms with Crippen LogP contribution in [0.25, 0.3) is 22.1 Å². The zero-order valence-corrected chi connectivity index (χ0v) is 18.1. The van der Waals surface area contributed by atoms with E-state index in [-0.39, 0.29) is 5.91 Å². The Morgan fingerprint density at radius 1 is 1.07 bits per heavy atom. The fourth-order valence-electron chi connectivity index (χ4n) is 2.85. The molecule has 0 aliphatic heterocycles. The van der Waals surface area contributed by atoms with Gasteiger partial charge in [-0.25, -0.2) is 4.98 Å². The van der Waals surface area contributed by atoms with Crippen LogP contribution in [0.1, 0.15) is 15.9 Å². The van der Waals surface area contributed by atoms with E-state index >= 15 is 0 Å². The molecule has 0 unspecified atom stereocenters. The van der Waals surface area contributed by atoms with E-state index in [2.05, 4.69) is 30.5 Å². The Hall–Kier alpha value is -2.55. The van der Waals surface area contributed by atoms with Gasteiger partial charge in [-0.3, -0.25) is 19.7 Å². The number of halogens is 1. The highest BCUT2D eigenvalue weighted by molar-refractivity contribution is 6.36. The average molecular weight is 416 g/mol. The molecule has 0 aromatic carbocycles. The molecule has 0 fully saturated rings. The average Bonchev–Trinajstić information content (AvgIpc) is 2.68. The first-order chi connectivity index (χ1) is 13.8. The van der Waals surface area contributed by atoms with Gasteiger partial charge in [0.05, 0.1) is 28.5 Å². The molecule has 9 heteroatoms. The zero-order valence-electron chi connectivity index (χ0n) is 17.4. The van der Waals surface area contributed by atoms with E-state index in [9.17, 15) is 4.79 Å². The van der Waals surface area contributed by atoms with E-state index in [0.29, 0.717) is 45.9 Å². The highest BCUT2D eigenvalue weighted by Crippen LogP contribution is 2.33. The zero-order chi connectivity index (χ0) is 21.1. The molecule has 0 aliphatic carbocycles. The van der Waals surface area contributed by atoms with Gasteiger partial charge in [0, 0.05) is 25.5 Å². The van der Waals surface area contributed by atoms with Gasteiger partial charge in [-0.05, 0) is 46.7 Å². The third kappa shape index (κ3) is 4.72. The van der Waals surface area contributed by atoms with Crippen molar-refractivity contribution in [3.63, 3.8) is 0 Å². The molecule has 8 nitrogen and oxygen atoms in total. The molecule has 0 saturated carbocycles. The lowest BCUT2D eigenvalue weighted by atomic mass is 10.1. The first kappa shape index (κ1) is 21.2. The third-order valence-corrected chi connectivity index (χ3v) is 4.90. The Bertz CT molecular complexity index is 1050. The molecule has 1 amide bonds. The number of nitrogens with one attached hydrogen (secondary N) is 2. The summed E-state index contributed by atoms with van der Waals surface area (Å²) in [7, 11) is 7.80. The lowest BCUT2D eigenvalue weighted by molar-refractivity contribution is 0.0935. The molecule has 3 heterocycles. The molecular weight excluding hydrogens is 390 g/mol. The van der Waals surface area contributed by atoms with Crippen LogP contribution in [0, 0.1) is 6.92 Å². The predicted octanol–water partition coefficient (Wildman–Crippen LogP) is 2.36. The number of carbonyl (C=O) groups excluding carboxylic acids is 1. The van der Waals surface area contributed by atoms with Crippen molar-refractivity contribution in [2.24, 2.45) is 0 Å². The number of aryl methyl sites for hydroxylation is 1. The minimum absolute atomic E-state index is 0.203. The highest BCUT2D eigenvalue weighted by Gasteiger charge is 2.17. The summed E-state index contributed by atoms with van der Waals surface area (Å²) in [6.07, 6.45) is 3.30. The maximum Gasteiger partial charge on any atom is 0.253 e. The van der Waals surface area contributed by atoms with Gasteiger partial charge in [-0.1, -0.05) is 11.6 Å². The molecule has 0 radical (unpaired) electrons. The summed E-state index contributed by atoms with van der Waals surface area (Å²) >= 11 is 6.53. The molecule has 3 rings (SSSR count). The molecule has 154 valence electrons. The van der Waals surface area contributed by atoms with Crippen LogP contribution in [0.2, 0.25) is 5.02 Å². The summed E-state index contributed by atoms with van der Waals surface area (Å²) in [5.74, 6) is -0.203. The van der Waals surface area contributed by atoms with Crippen molar-refractivity contribution < 1.29 is 4.79 Å². The Morgan fingerprint density at radius 2 is 1.79 bits per heavy atom. The van der Waals surface area contributed by atoms with E-state index in [1.165, 1.54) is 0 Å². The lowest BCUT2D eigenvalue weighted by Crippen LogP contribution is -2.33. The van der Waals surface area contributed by atoms with Crippen LogP contribution in [0.15, 0.2) is 18.5 Å².